The Morgan fingerprint density at radius 1 is 1.59 bits per heavy atom. The summed E-state index contributed by atoms with van der Waals surface area (Å²) in [6.45, 7) is 2.30. The number of amides is 1. The highest BCUT2D eigenvalue weighted by Crippen LogP contribution is 2.20. The van der Waals surface area contributed by atoms with E-state index in [2.05, 4.69) is 0 Å². The molecule has 0 aliphatic carbocycles. The summed E-state index contributed by atoms with van der Waals surface area (Å²) in [4.78, 5) is 13.8. The van der Waals surface area contributed by atoms with Crippen molar-refractivity contribution in [2.75, 3.05) is 13.2 Å². The summed E-state index contributed by atoms with van der Waals surface area (Å²) in [6.07, 6.45) is 1.75. The zero-order chi connectivity index (χ0) is 12.4. The molecule has 17 heavy (non-hydrogen) atoms. The molecule has 1 atom stereocenters. The van der Waals surface area contributed by atoms with Gasteiger partial charge in [0.25, 0.3) is 5.91 Å². The Kier molecular flexibility index (Phi) is 3.43. The molecule has 1 amide bonds. The Balaban J connectivity index is 2.21. The lowest BCUT2D eigenvalue weighted by molar-refractivity contribution is 0.0677. The van der Waals surface area contributed by atoms with E-state index < -0.39 is 0 Å². The van der Waals surface area contributed by atoms with Crippen LogP contribution in [0.4, 0.5) is 4.39 Å². The van der Waals surface area contributed by atoms with Gasteiger partial charge in [0.1, 0.15) is 5.82 Å². The van der Waals surface area contributed by atoms with Crippen LogP contribution in [0.2, 0.25) is 0 Å². The van der Waals surface area contributed by atoms with Crippen LogP contribution in [0.5, 0.6) is 0 Å². The van der Waals surface area contributed by atoms with Gasteiger partial charge in [0.05, 0.1) is 12.6 Å². The summed E-state index contributed by atoms with van der Waals surface area (Å²) in [5.74, 6) is -0.425. The number of benzene rings is 1. The topological polar surface area (TPSA) is 40.5 Å². The van der Waals surface area contributed by atoms with Crippen molar-refractivity contribution in [2.24, 2.45) is 0 Å². The molecule has 1 aromatic rings. The van der Waals surface area contributed by atoms with Gasteiger partial charge in [-0.2, -0.15) is 0 Å². The second-order valence-electron chi connectivity index (χ2n) is 4.44. The molecular formula is C13H16FNO2. The number of aliphatic hydroxyl groups is 1. The van der Waals surface area contributed by atoms with Crippen molar-refractivity contribution in [2.45, 2.75) is 25.8 Å². The van der Waals surface area contributed by atoms with Crippen LogP contribution in [0.3, 0.4) is 0 Å². The van der Waals surface area contributed by atoms with E-state index in [9.17, 15) is 14.3 Å². The van der Waals surface area contributed by atoms with E-state index in [-0.39, 0.29) is 24.4 Å². The molecule has 0 radical (unpaired) electrons. The number of halogens is 1. The Bertz CT molecular complexity index is 433. The van der Waals surface area contributed by atoms with Gasteiger partial charge in [-0.25, -0.2) is 4.39 Å². The van der Waals surface area contributed by atoms with Crippen molar-refractivity contribution in [3.63, 3.8) is 0 Å². The fraction of sp³-hybridized carbons (Fsp3) is 0.462. The maximum Gasteiger partial charge on any atom is 0.254 e. The molecule has 1 aromatic carbocycles. The van der Waals surface area contributed by atoms with Crippen LogP contribution in [-0.2, 0) is 0 Å². The van der Waals surface area contributed by atoms with Crippen LogP contribution in [0, 0.1) is 12.7 Å². The largest absolute Gasteiger partial charge is 0.394 e. The third-order valence-corrected chi connectivity index (χ3v) is 3.25. The maximum atomic E-state index is 13.1. The first-order chi connectivity index (χ1) is 8.13. The zero-order valence-electron chi connectivity index (χ0n) is 9.82. The van der Waals surface area contributed by atoms with E-state index in [1.54, 1.807) is 17.9 Å². The molecule has 1 fully saturated rings. The lowest BCUT2D eigenvalue weighted by Gasteiger charge is -2.23. The van der Waals surface area contributed by atoms with Gasteiger partial charge in [-0.15, -0.1) is 0 Å². The lowest BCUT2D eigenvalue weighted by Crippen LogP contribution is -2.37. The van der Waals surface area contributed by atoms with Gasteiger partial charge in [-0.1, -0.05) is 0 Å². The predicted molar refractivity (Wildman–Crippen MR) is 62.3 cm³/mol. The van der Waals surface area contributed by atoms with Crippen molar-refractivity contribution >= 4 is 5.91 Å². The maximum absolute atomic E-state index is 13.1. The average molecular weight is 237 g/mol. The summed E-state index contributed by atoms with van der Waals surface area (Å²) in [7, 11) is 0. The van der Waals surface area contributed by atoms with Gasteiger partial charge in [0, 0.05) is 12.1 Å². The van der Waals surface area contributed by atoms with Crippen molar-refractivity contribution < 1.29 is 14.3 Å². The van der Waals surface area contributed by atoms with E-state index in [1.807, 2.05) is 0 Å². The fourth-order valence-electron chi connectivity index (χ4n) is 2.24. The monoisotopic (exact) mass is 237 g/mol. The van der Waals surface area contributed by atoms with Crippen LogP contribution < -0.4 is 0 Å². The highest BCUT2D eigenvalue weighted by molar-refractivity contribution is 5.94. The summed E-state index contributed by atoms with van der Waals surface area (Å²) < 4.78 is 13.1. The Hall–Kier alpha value is -1.42. The predicted octanol–water partition coefficient (Wildman–Crippen LogP) is 1.73. The van der Waals surface area contributed by atoms with E-state index in [1.165, 1.54) is 12.1 Å². The summed E-state index contributed by atoms with van der Waals surface area (Å²) in [5.41, 5.74) is 0.958. The third-order valence-electron chi connectivity index (χ3n) is 3.25. The number of aryl methyl sites for hydroxylation is 1. The molecule has 1 aliphatic rings. The van der Waals surface area contributed by atoms with E-state index >= 15 is 0 Å². The average Bonchev–Trinajstić information content (AvgIpc) is 2.80. The van der Waals surface area contributed by atoms with Gasteiger partial charge >= 0.3 is 0 Å². The molecule has 0 aromatic heterocycles. The van der Waals surface area contributed by atoms with Gasteiger partial charge in [-0.05, 0) is 43.5 Å². The van der Waals surface area contributed by atoms with Crippen molar-refractivity contribution in [1.82, 2.24) is 4.90 Å². The van der Waals surface area contributed by atoms with Crippen LogP contribution in [0.25, 0.3) is 0 Å². The number of nitrogens with zero attached hydrogens (tertiary/aromatic N) is 1. The fourth-order valence-corrected chi connectivity index (χ4v) is 2.24. The first-order valence-corrected chi connectivity index (χ1v) is 5.81. The minimum absolute atomic E-state index is 0.00802. The number of hydrogen-bond acceptors (Lipinski definition) is 2. The molecule has 1 N–H and O–H groups in total. The number of carbonyl (C=O) groups excluding carboxylic acids is 1. The second kappa shape index (κ2) is 4.84. The Morgan fingerprint density at radius 2 is 2.35 bits per heavy atom. The van der Waals surface area contributed by atoms with Crippen molar-refractivity contribution in [1.29, 1.82) is 0 Å². The molecule has 1 unspecified atom stereocenters. The van der Waals surface area contributed by atoms with Gasteiger partial charge in [0.15, 0.2) is 0 Å². The number of hydrogen-bond donors (Lipinski definition) is 1. The highest BCUT2D eigenvalue weighted by Gasteiger charge is 2.28. The van der Waals surface area contributed by atoms with Gasteiger partial charge in [0.2, 0.25) is 0 Å². The molecule has 4 heteroatoms. The molecule has 92 valence electrons. The van der Waals surface area contributed by atoms with E-state index in [4.69, 9.17) is 0 Å². The molecule has 0 saturated carbocycles. The molecule has 2 rings (SSSR count). The number of carbonyl (C=O) groups is 1. The summed E-state index contributed by atoms with van der Waals surface area (Å²) >= 11 is 0. The van der Waals surface area contributed by atoms with Crippen molar-refractivity contribution in [3.8, 4) is 0 Å². The van der Waals surface area contributed by atoms with Crippen LogP contribution in [0.15, 0.2) is 18.2 Å². The Morgan fingerprint density at radius 3 is 3.00 bits per heavy atom. The smallest absolute Gasteiger partial charge is 0.254 e. The SMILES string of the molecule is Cc1cc(C(=O)N2CCCC2CO)ccc1F. The second-order valence-corrected chi connectivity index (χ2v) is 4.44. The molecular weight excluding hydrogens is 221 g/mol. The Labute approximate surface area is 99.9 Å². The molecule has 0 bridgehead atoms. The quantitative estimate of drug-likeness (QED) is 0.851. The third kappa shape index (κ3) is 2.31. The first kappa shape index (κ1) is 12.0. The molecule has 1 aliphatic heterocycles. The van der Waals surface area contributed by atoms with E-state index in [0.29, 0.717) is 17.7 Å². The van der Waals surface area contributed by atoms with Crippen LogP contribution in [-0.4, -0.2) is 35.1 Å². The first-order valence-electron chi connectivity index (χ1n) is 5.81. The number of likely N-dealkylation sites (tertiary alicyclic amines) is 1. The zero-order valence-corrected chi connectivity index (χ0v) is 9.82. The number of aliphatic hydroxyl groups excluding tert-OH is 1. The van der Waals surface area contributed by atoms with E-state index in [0.717, 1.165) is 12.8 Å². The molecule has 1 heterocycles. The number of rotatable bonds is 2. The van der Waals surface area contributed by atoms with Crippen molar-refractivity contribution in [3.05, 3.63) is 35.1 Å². The molecule has 3 nitrogen and oxygen atoms in total. The van der Waals surface area contributed by atoms with Gasteiger partial charge in [-0.3, -0.25) is 4.79 Å². The molecule has 1 saturated heterocycles. The highest BCUT2D eigenvalue weighted by atomic mass is 19.1. The van der Waals surface area contributed by atoms with Crippen LogP contribution in [0.1, 0.15) is 28.8 Å². The van der Waals surface area contributed by atoms with Crippen LogP contribution >= 0.6 is 0 Å². The van der Waals surface area contributed by atoms with Gasteiger partial charge < -0.3 is 10.0 Å². The minimum Gasteiger partial charge on any atom is -0.394 e. The lowest BCUT2D eigenvalue weighted by atomic mass is 10.1. The summed E-state index contributed by atoms with van der Waals surface area (Å²) in [5, 5.41) is 9.18. The normalized spacial score (nSPS) is 19.7. The standard InChI is InChI=1S/C13H16FNO2/c1-9-7-10(4-5-12(9)14)13(17)15-6-2-3-11(15)8-16/h4-5,7,11,16H,2-3,6,8H2,1H3. The summed E-state index contributed by atoms with van der Waals surface area (Å²) in [6, 6.07) is 4.28. The minimum atomic E-state index is -0.304. The molecule has 0 spiro atoms.